The van der Waals surface area contributed by atoms with Gasteiger partial charge < -0.3 is 4.74 Å². The first kappa shape index (κ1) is 21.1. The van der Waals surface area contributed by atoms with Crippen molar-refractivity contribution in [3.63, 3.8) is 0 Å². The van der Waals surface area contributed by atoms with Gasteiger partial charge in [-0.1, -0.05) is 0 Å². The molecule has 0 aromatic heterocycles. The molecule has 0 aliphatic rings. The Morgan fingerprint density at radius 2 is 1.50 bits per heavy atom. The number of esters is 1. The van der Waals surface area contributed by atoms with Crippen molar-refractivity contribution in [3.05, 3.63) is 0 Å². The molecule has 0 bridgehead atoms. The van der Waals surface area contributed by atoms with E-state index in [1.807, 2.05) is 37.7 Å². The van der Waals surface area contributed by atoms with Crippen LogP contribution in [0.4, 0.5) is 25.2 Å². The summed E-state index contributed by atoms with van der Waals surface area (Å²) in [6.07, 6.45) is 0. The number of ether oxygens (including phenoxy) is 1. The van der Waals surface area contributed by atoms with Gasteiger partial charge in [0.1, 0.15) is 0 Å². The minimum absolute atomic E-state index is 0.183. The van der Waals surface area contributed by atoms with E-state index in [0.29, 0.717) is 0 Å². The molecule has 0 spiro atoms. The molecule has 1 N–H and O–H groups in total. The van der Waals surface area contributed by atoms with E-state index in [2.05, 4.69) is 10.1 Å². The van der Waals surface area contributed by atoms with Crippen LogP contribution in [0, 0.1) is 0 Å². The van der Waals surface area contributed by atoms with Gasteiger partial charge in [-0.2, -0.15) is 0 Å². The molecule has 12 heteroatoms. The van der Waals surface area contributed by atoms with Crippen molar-refractivity contribution >= 4 is 19.7 Å². The topological polar surface area (TPSA) is 44.6 Å². The number of rotatable bonds is 2. The standard InChI is InChI=1S/C8H17N3O2.F6P/c1-10(2)8(11(3)4)9-6-7(12)13-5;1-7(2,3,4,5)6/h6H2,1-5H3;/q;-1/p+1. The fourth-order valence-corrected chi connectivity index (χ4v) is 0.940. The predicted molar refractivity (Wildman–Crippen MR) is 64.4 cm³/mol. The fourth-order valence-electron chi connectivity index (χ4n) is 0.940. The Bertz CT molecular complexity index is 362. The van der Waals surface area contributed by atoms with Crippen molar-refractivity contribution < 1.29 is 39.3 Å². The van der Waals surface area contributed by atoms with Gasteiger partial charge in [0.2, 0.25) is 0 Å². The van der Waals surface area contributed by atoms with E-state index in [1.54, 1.807) is 0 Å². The number of methoxy groups -OCH3 is 1. The van der Waals surface area contributed by atoms with Crippen molar-refractivity contribution in [3.8, 4) is 0 Å². The molecule has 0 aromatic rings. The molecule has 124 valence electrons. The molecule has 20 heavy (non-hydrogen) atoms. The summed E-state index contributed by atoms with van der Waals surface area (Å²) in [6, 6.07) is 0. The molecule has 0 radical (unpaired) electrons. The van der Waals surface area contributed by atoms with Crippen LogP contribution in [-0.2, 0) is 9.53 Å². The molecule has 0 saturated carbocycles. The molecule has 0 amide bonds. The van der Waals surface area contributed by atoms with Gasteiger partial charge in [0, 0.05) is 0 Å². The maximum absolute atomic E-state index is 10.8. The number of nitrogens with zero attached hydrogens (tertiary/aromatic N) is 2. The molecule has 0 aromatic carbocycles. The van der Waals surface area contributed by atoms with Gasteiger partial charge >= 0.3 is 44.9 Å². The third-order valence-electron chi connectivity index (χ3n) is 1.47. The molecule has 0 aliphatic heterocycles. The van der Waals surface area contributed by atoms with E-state index in [9.17, 15) is 30.0 Å². The first-order valence-electron chi connectivity index (χ1n) is 5.02. The summed E-state index contributed by atoms with van der Waals surface area (Å²) in [5.41, 5.74) is 0. The number of carbonyl (C=O) groups is 1. The molecule has 0 aliphatic carbocycles. The predicted octanol–water partition coefficient (Wildman–Crippen LogP) is 2.32. The van der Waals surface area contributed by atoms with Crippen molar-refractivity contribution in [1.82, 2.24) is 10.2 Å². The van der Waals surface area contributed by atoms with Gasteiger partial charge in [-0.05, 0) is 0 Å². The number of guanidine groups is 1. The fraction of sp³-hybridized carbons (Fsp3) is 0.750. The number of hydrogen-bond acceptors (Lipinski definition) is 2. The van der Waals surface area contributed by atoms with Crippen LogP contribution < -0.4 is 5.32 Å². The third-order valence-corrected chi connectivity index (χ3v) is 1.47. The van der Waals surface area contributed by atoms with Crippen LogP contribution in [0.5, 0.6) is 0 Å². The summed E-state index contributed by atoms with van der Waals surface area (Å²) in [5.74, 6) is 0.589. The summed E-state index contributed by atoms with van der Waals surface area (Å²) in [7, 11) is -1.68. The third kappa shape index (κ3) is 22.0. The number of carbonyl (C=O) groups excluding carboxylic acids is 1. The van der Waals surface area contributed by atoms with Crippen LogP contribution in [0.25, 0.3) is 0 Å². The summed E-state index contributed by atoms with van der Waals surface area (Å²) >= 11 is 0. The summed E-state index contributed by atoms with van der Waals surface area (Å²) in [4.78, 5) is 12.7. The Hall–Kier alpha value is -1.25. The molecule has 0 unspecified atom stereocenters. The van der Waals surface area contributed by atoms with Gasteiger partial charge in [-0.25, -0.2) is 4.79 Å². The Morgan fingerprint density at radius 1 is 1.15 bits per heavy atom. The SMILES string of the molecule is COC(=O)CNC(N(C)C)=[N+](C)C.F[P-](F)(F)(F)(F)F. The first-order valence-corrected chi connectivity index (χ1v) is 7.05. The molecule has 0 saturated heterocycles. The van der Waals surface area contributed by atoms with Crippen LogP contribution in [0.1, 0.15) is 0 Å². The normalized spacial score (nSPS) is 13.9. The van der Waals surface area contributed by atoms with E-state index < -0.39 is 7.81 Å². The van der Waals surface area contributed by atoms with E-state index in [1.165, 1.54) is 7.11 Å². The van der Waals surface area contributed by atoms with Crippen LogP contribution >= 0.6 is 7.81 Å². The van der Waals surface area contributed by atoms with Crippen LogP contribution in [-0.4, -0.2) is 63.2 Å². The first-order chi connectivity index (χ1) is 8.43. The van der Waals surface area contributed by atoms with E-state index in [0.717, 1.165) is 5.96 Å². The average molecular weight is 333 g/mol. The Kier molecular flexibility index (Phi) is 6.34. The molecule has 0 fully saturated rings. The van der Waals surface area contributed by atoms with Gasteiger partial charge in [-0.3, -0.25) is 14.8 Å². The number of nitrogens with one attached hydrogen (secondary N) is 1. The second-order valence-electron chi connectivity index (χ2n) is 4.00. The zero-order chi connectivity index (χ0) is 16.8. The monoisotopic (exact) mass is 333 g/mol. The second-order valence-corrected chi connectivity index (χ2v) is 5.92. The maximum atomic E-state index is 10.8. The quantitative estimate of drug-likeness (QED) is 0.210. The Balaban J connectivity index is 0. The Morgan fingerprint density at radius 3 is 1.70 bits per heavy atom. The van der Waals surface area contributed by atoms with Gasteiger partial charge in [0.25, 0.3) is 0 Å². The minimum atomic E-state index is -10.7. The molecule has 0 rings (SSSR count). The Labute approximate surface area is 112 Å². The summed E-state index contributed by atoms with van der Waals surface area (Å²) < 4.78 is 65.6. The molecular formula is C8H18F6N3O2P. The van der Waals surface area contributed by atoms with Crippen LogP contribution in [0.2, 0.25) is 0 Å². The molecule has 0 heterocycles. The van der Waals surface area contributed by atoms with Gasteiger partial charge in [-0.15, -0.1) is 0 Å². The van der Waals surface area contributed by atoms with Crippen molar-refractivity contribution in [2.24, 2.45) is 0 Å². The average Bonchev–Trinajstić information content (AvgIpc) is 2.11. The summed E-state index contributed by atoms with van der Waals surface area (Å²) in [6.45, 7) is 0.183. The van der Waals surface area contributed by atoms with Crippen LogP contribution in [0.15, 0.2) is 0 Å². The van der Waals surface area contributed by atoms with E-state index in [4.69, 9.17) is 0 Å². The zero-order valence-electron chi connectivity index (χ0n) is 11.6. The molecule has 0 atom stereocenters. The zero-order valence-corrected chi connectivity index (χ0v) is 12.5. The number of hydrogen-bond donors (Lipinski definition) is 1. The number of halogens is 6. The van der Waals surface area contributed by atoms with Gasteiger partial charge in [0.05, 0.1) is 35.3 Å². The van der Waals surface area contributed by atoms with Crippen molar-refractivity contribution in [2.75, 3.05) is 41.8 Å². The second kappa shape index (κ2) is 6.02. The van der Waals surface area contributed by atoms with Gasteiger partial charge in [0.15, 0.2) is 6.54 Å². The van der Waals surface area contributed by atoms with E-state index >= 15 is 0 Å². The summed E-state index contributed by atoms with van der Waals surface area (Å²) in [5, 5.41) is 2.96. The van der Waals surface area contributed by atoms with E-state index in [-0.39, 0.29) is 12.5 Å². The van der Waals surface area contributed by atoms with Crippen LogP contribution in [0.3, 0.4) is 0 Å². The van der Waals surface area contributed by atoms with Crippen molar-refractivity contribution in [2.45, 2.75) is 0 Å². The molecular weight excluding hydrogens is 315 g/mol. The van der Waals surface area contributed by atoms with Crippen molar-refractivity contribution in [1.29, 1.82) is 0 Å². The molecule has 5 nitrogen and oxygen atoms in total.